The number of nitrogens with one attached hydrogen (secondary N) is 1. The molecule has 0 spiro atoms. The molecule has 7 nitrogen and oxygen atoms in total. The minimum absolute atomic E-state index is 0.115. The molecule has 1 amide bonds. The molecule has 0 saturated heterocycles. The van der Waals surface area contributed by atoms with E-state index < -0.39 is 17.9 Å². The van der Waals surface area contributed by atoms with Crippen LogP contribution in [-0.4, -0.2) is 46.0 Å². The molecular weight excluding hydrogens is 262 g/mol. The number of carbonyl (C=O) groups is 2. The van der Waals surface area contributed by atoms with Crippen LogP contribution in [0.3, 0.4) is 0 Å². The monoisotopic (exact) mass is 281 g/mol. The normalized spacial score (nSPS) is 11.8. The first-order valence-electron chi connectivity index (χ1n) is 6.33. The second kappa shape index (κ2) is 8.11. The Morgan fingerprint density at radius 2 is 2.40 bits per heavy atom. The summed E-state index contributed by atoms with van der Waals surface area (Å²) < 4.78 is 6.69. The molecule has 0 radical (unpaired) electrons. The molecule has 110 valence electrons. The highest BCUT2D eigenvalue weighted by Gasteiger charge is 2.21. The van der Waals surface area contributed by atoms with Crippen LogP contribution in [0, 0.1) is 0 Å². The van der Waals surface area contributed by atoms with Gasteiger partial charge in [-0.05, 0) is 6.42 Å². The van der Waals surface area contributed by atoms with Gasteiger partial charge in [0, 0.05) is 12.7 Å². The van der Waals surface area contributed by atoms with Crippen molar-refractivity contribution in [2.45, 2.75) is 25.9 Å². The van der Waals surface area contributed by atoms with Gasteiger partial charge >= 0.3 is 5.97 Å². The molecule has 2 N–H and O–H groups in total. The first-order valence-corrected chi connectivity index (χ1v) is 6.33. The molecule has 0 aliphatic heterocycles. The number of hydrogen-bond acceptors (Lipinski definition) is 4. The molecule has 1 atom stereocenters. The average Bonchev–Trinajstić information content (AvgIpc) is 2.86. The number of aromatic nitrogens is 2. The lowest BCUT2D eigenvalue weighted by atomic mass is 10.2. The zero-order valence-electron chi connectivity index (χ0n) is 11.4. The highest BCUT2D eigenvalue weighted by atomic mass is 16.5. The molecular formula is C13H19N3O4. The number of carboxylic acid groups (broad SMARTS) is 1. The molecule has 0 aliphatic rings. The average molecular weight is 281 g/mol. The third-order valence-corrected chi connectivity index (χ3v) is 2.47. The summed E-state index contributed by atoms with van der Waals surface area (Å²) in [7, 11) is 0. The Labute approximate surface area is 117 Å². The fraction of sp³-hybridized carbons (Fsp3) is 0.462. The van der Waals surface area contributed by atoms with Crippen LogP contribution in [-0.2, 0) is 16.1 Å². The molecule has 20 heavy (non-hydrogen) atoms. The van der Waals surface area contributed by atoms with Gasteiger partial charge < -0.3 is 15.2 Å². The lowest BCUT2D eigenvalue weighted by Crippen LogP contribution is -2.44. The van der Waals surface area contributed by atoms with E-state index in [9.17, 15) is 9.59 Å². The minimum Gasteiger partial charge on any atom is -0.480 e. The van der Waals surface area contributed by atoms with Crippen LogP contribution < -0.4 is 5.32 Å². The largest absolute Gasteiger partial charge is 0.480 e. The van der Waals surface area contributed by atoms with Crippen molar-refractivity contribution < 1.29 is 19.4 Å². The lowest BCUT2D eigenvalue weighted by Gasteiger charge is -2.13. The van der Waals surface area contributed by atoms with Crippen molar-refractivity contribution in [1.82, 2.24) is 15.1 Å². The molecule has 7 heteroatoms. The predicted octanol–water partition coefficient (Wildman–Crippen LogP) is 0.679. The summed E-state index contributed by atoms with van der Waals surface area (Å²) in [5.41, 5.74) is 0.327. The Morgan fingerprint density at radius 3 is 3.00 bits per heavy atom. The van der Waals surface area contributed by atoms with Gasteiger partial charge in [-0.15, -0.1) is 6.58 Å². The van der Waals surface area contributed by atoms with E-state index in [1.165, 1.54) is 12.3 Å². The summed E-state index contributed by atoms with van der Waals surface area (Å²) in [6.07, 6.45) is 5.40. The van der Waals surface area contributed by atoms with E-state index in [-0.39, 0.29) is 13.2 Å². The quantitative estimate of drug-likeness (QED) is 0.513. The summed E-state index contributed by atoms with van der Waals surface area (Å²) in [5.74, 6) is -1.63. The number of hydrogen-bond donors (Lipinski definition) is 2. The maximum atomic E-state index is 11.9. The van der Waals surface area contributed by atoms with Crippen molar-refractivity contribution in [2.24, 2.45) is 0 Å². The zero-order valence-corrected chi connectivity index (χ0v) is 11.4. The second-order valence-corrected chi connectivity index (χ2v) is 4.18. The van der Waals surface area contributed by atoms with E-state index >= 15 is 0 Å². The summed E-state index contributed by atoms with van der Waals surface area (Å²) in [5, 5.41) is 15.4. The fourth-order valence-corrected chi connectivity index (χ4v) is 1.52. The molecule has 0 bridgehead atoms. The minimum atomic E-state index is -1.15. The van der Waals surface area contributed by atoms with Crippen LogP contribution in [0.1, 0.15) is 23.7 Å². The van der Waals surface area contributed by atoms with Crippen LogP contribution in [0.25, 0.3) is 0 Å². The van der Waals surface area contributed by atoms with Crippen LogP contribution in [0.4, 0.5) is 0 Å². The van der Waals surface area contributed by atoms with Crippen molar-refractivity contribution >= 4 is 11.9 Å². The molecule has 1 heterocycles. The molecule has 0 aliphatic carbocycles. The van der Waals surface area contributed by atoms with Crippen molar-refractivity contribution in [3.63, 3.8) is 0 Å². The van der Waals surface area contributed by atoms with Crippen LogP contribution in [0.2, 0.25) is 0 Å². The third-order valence-electron chi connectivity index (χ3n) is 2.47. The zero-order chi connectivity index (χ0) is 15.0. The third kappa shape index (κ3) is 4.85. The summed E-state index contributed by atoms with van der Waals surface area (Å²) in [6.45, 7) is 6.28. The topological polar surface area (TPSA) is 93.5 Å². The molecule has 0 saturated carbocycles. The van der Waals surface area contributed by atoms with Gasteiger partial charge in [-0.1, -0.05) is 13.0 Å². The number of rotatable bonds is 9. The standard InChI is InChI=1S/C13H19N3O4/c1-3-5-16-8-10(7-14-16)12(17)15-11(13(18)19)9-20-6-4-2/h4,7-8,11H,2-3,5-6,9H2,1H3,(H,15,17)(H,18,19). The van der Waals surface area contributed by atoms with Gasteiger partial charge in [-0.25, -0.2) is 4.79 Å². The van der Waals surface area contributed by atoms with Gasteiger partial charge in [0.15, 0.2) is 6.04 Å². The maximum Gasteiger partial charge on any atom is 0.328 e. The molecule has 1 aromatic heterocycles. The first-order chi connectivity index (χ1) is 9.58. The van der Waals surface area contributed by atoms with E-state index in [2.05, 4.69) is 17.0 Å². The SMILES string of the molecule is C=CCOCC(NC(=O)c1cnn(CCC)c1)C(=O)O. The van der Waals surface area contributed by atoms with Crippen molar-refractivity contribution in [1.29, 1.82) is 0 Å². The molecule has 1 unspecified atom stereocenters. The number of aryl methyl sites for hydroxylation is 1. The van der Waals surface area contributed by atoms with Crippen molar-refractivity contribution in [3.8, 4) is 0 Å². The van der Waals surface area contributed by atoms with Crippen LogP contribution in [0.15, 0.2) is 25.0 Å². The Balaban J connectivity index is 2.59. The van der Waals surface area contributed by atoms with E-state index in [1.807, 2.05) is 6.92 Å². The van der Waals surface area contributed by atoms with Gasteiger partial charge in [0.25, 0.3) is 5.91 Å². The number of carbonyl (C=O) groups excluding carboxylic acids is 1. The second-order valence-electron chi connectivity index (χ2n) is 4.18. The molecule has 0 fully saturated rings. The first kappa shape index (κ1) is 15.9. The molecule has 1 rings (SSSR count). The number of carboxylic acids is 1. The van der Waals surface area contributed by atoms with E-state index in [0.29, 0.717) is 12.1 Å². The van der Waals surface area contributed by atoms with E-state index in [4.69, 9.17) is 9.84 Å². The van der Waals surface area contributed by atoms with Gasteiger partial charge in [-0.2, -0.15) is 5.10 Å². The smallest absolute Gasteiger partial charge is 0.328 e. The van der Waals surface area contributed by atoms with Crippen LogP contribution in [0.5, 0.6) is 0 Å². The maximum absolute atomic E-state index is 11.9. The number of amides is 1. The van der Waals surface area contributed by atoms with E-state index in [0.717, 1.165) is 6.42 Å². The van der Waals surface area contributed by atoms with Crippen molar-refractivity contribution in [3.05, 3.63) is 30.6 Å². The molecule has 0 aromatic carbocycles. The van der Waals surface area contributed by atoms with Crippen LogP contribution >= 0.6 is 0 Å². The van der Waals surface area contributed by atoms with Crippen molar-refractivity contribution in [2.75, 3.05) is 13.2 Å². The van der Waals surface area contributed by atoms with Gasteiger partial charge in [0.05, 0.1) is 25.0 Å². The Morgan fingerprint density at radius 1 is 1.65 bits per heavy atom. The van der Waals surface area contributed by atoms with E-state index in [1.54, 1.807) is 10.9 Å². The van der Waals surface area contributed by atoms with Gasteiger partial charge in [-0.3, -0.25) is 9.48 Å². The number of nitrogens with zero attached hydrogens (tertiary/aromatic N) is 2. The molecule has 1 aromatic rings. The van der Waals surface area contributed by atoms with Gasteiger partial charge in [0.2, 0.25) is 0 Å². The Hall–Kier alpha value is -2.15. The summed E-state index contributed by atoms with van der Waals surface area (Å²) >= 11 is 0. The number of aliphatic carboxylic acids is 1. The highest BCUT2D eigenvalue weighted by molar-refractivity contribution is 5.96. The summed E-state index contributed by atoms with van der Waals surface area (Å²) in [6, 6.07) is -1.10. The Bertz CT molecular complexity index is 470. The van der Waals surface area contributed by atoms with Gasteiger partial charge in [0.1, 0.15) is 0 Å². The summed E-state index contributed by atoms with van der Waals surface area (Å²) in [4.78, 5) is 22.9. The predicted molar refractivity (Wildman–Crippen MR) is 72.4 cm³/mol. The lowest BCUT2D eigenvalue weighted by molar-refractivity contribution is -0.140. The highest BCUT2D eigenvalue weighted by Crippen LogP contribution is 2.00. The fourth-order valence-electron chi connectivity index (χ4n) is 1.52. The number of ether oxygens (including phenoxy) is 1. The Kier molecular flexibility index (Phi) is 6.45.